The van der Waals surface area contributed by atoms with Crippen molar-refractivity contribution in [3.05, 3.63) is 11.5 Å². The Bertz CT molecular complexity index is 765. The van der Waals surface area contributed by atoms with Crippen molar-refractivity contribution in [3.8, 4) is 0 Å². The summed E-state index contributed by atoms with van der Waals surface area (Å²) in [4.78, 5) is 12.6. The van der Waals surface area contributed by atoms with E-state index in [9.17, 15) is 20.1 Å². The lowest BCUT2D eigenvalue weighted by Gasteiger charge is -2.61. The Hall–Kier alpha value is -1.27. The van der Waals surface area contributed by atoms with E-state index in [2.05, 4.69) is 0 Å². The third-order valence-corrected chi connectivity index (χ3v) is 10.5. The van der Waals surface area contributed by atoms with Crippen LogP contribution >= 0.6 is 0 Å². The van der Waals surface area contributed by atoms with Crippen LogP contribution in [0.2, 0.25) is 0 Å². The lowest BCUT2D eigenvalue weighted by Crippen LogP contribution is -2.73. The van der Waals surface area contributed by atoms with Gasteiger partial charge in [-0.3, -0.25) is 0 Å². The van der Waals surface area contributed by atoms with Crippen LogP contribution in [0.15, 0.2) is 11.5 Å². The third-order valence-electron chi connectivity index (χ3n) is 10.5. The molecule has 0 aromatic carbocycles. The number of hydrogen-bond acceptors (Lipinski definition) is 6. The van der Waals surface area contributed by atoms with Gasteiger partial charge in [-0.05, 0) is 69.1 Å². The molecular weight excluding hydrogens is 456 g/mol. The van der Waals surface area contributed by atoms with Gasteiger partial charge in [0.25, 0.3) is 0 Å². The molecule has 1 aliphatic heterocycles. The molecule has 0 spiro atoms. The molecule has 36 heavy (non-hydrogen) atoms. The highest BCUT2D eigenvalue weighted by molar-refractivity contribution is 5.89. The first-order valence-corrected chi connectivity index (χ1v) is 15.2. The standard InChI is InChI=1S/C30H48O6/c31-25-26(32)28(33)35-27(25)29(34,21-13-5-1-6-14-21)30(22-15-7-2-8-16-22,23-17-9-3-10-18-23)36-24-19-11-4-12-20-24/h21-24,27,31-32,34H,1-20H2/t27-,29+/m0/s1. The van der Waals surface area contributed by atoms with Crippen LogP contribution in [0.4, 0.5) is 0 Å². The molecule has 3 N–H and O–H groups in total. The van der Waals surface area contributed by atoms with Crippen molar-refractivity contribution in [2.45, 2.75) is 152 Å². The second kappa shape index (κ2) is 11.2. The minimum Gasteiger partial charge on any atom is -0.505 e. The Morgan fingerprint density at radius 2 is 1.06 bits per heavy atom. The maximum atomic E-state index is 13.4. The molecule has 4 saturated carbocycles. The van der Waals surface area contributed by atoms with Crippen LogP contribution in [0.1, 0.15) is 128 Å². The smallest absolute Gasteiger partial charge is 0.378 e. The van der Waals surface area contributed by atoms with Crippen LogP contribution in [0, 0.1) is 17.8 Å². The van der Waals surface area contributed by atoms with E-state index in [4.69, 9.17) is 9.47 Å². The molecule has 5 aliphatic rings. The number of carbonyl (C=O) groups excluding carboxylic acids is 1. The van der Waals surface area contributed by atoms with Crippen molar-refractivity contribution >= 4 is 5.97 Å². The third kappa shape index (κ3) is 4.59. The van der Waals surface area contributed by atoms with Gasteiger partial charge >= 0.3 is 5.97 Å². The van der Waals surface area contributed by atoms with Gasteiger partial charge in [-0.1, -0.05) is 77.0 Å². The Morgan fingerprint density at radius 3 is 1.47 bits per heavy atom. The average molecular weight is 505 g/mol. The largest absolute Gasteiger partial charge is 0.505 e. The summed E-state index contributed by atoms with van der Waals surface area (Å²) in [7, 11) is 0. The molecule has 0 aromatic rings. The highest BCUT2D eigenvalue weighted by Crippen LogP contribution is 2.58. The van der Waals surface area contributed by atoms with Gasteiger partial charge in [-0.15, -0.1) is 0 Å². The maximum absolute atomic E-state index is 13.4. The molecule has 204 valence electrons. The predicted octanol–water partition coefficient (Wildman–Crippen LogP) is 6.80. The summed E-state index contributed by atoms with van der Waals surface area (Å²) >= 11 is 0. The van der Waals surface area contributed by atoms with Gasteiger partial charge in [0, 0.05) is 0 Å². The molecule has 1 heterocycles. The Kier molecular flexibility index (Phi) is 8.22. The summed E-state index contributed by atoms with van der Waals surface area (Å²) in [6, 6.07) is 0. The van der Waals surface area contributed by atoms with Gasteiger partial charge in [0.1, 0.15) is 11.2 Å². The Labute approximate surface area is 216 Å². The lowest BCUT2D eigenvalue weighted by molar-refractivity contribution is -0.311. The SMILES string of the molecule is O=C1O[C@H]([C@](O)(C2CCCCC2)C(OC2CCCCC2)(C2CCCCC2)C2CCCCC2)C(O)=C1O. The van der Waals surface area contributed by atoms with E-state index in [1.807, 2.05) is 0 Å². The maximum Gasteiger partial charge on any atom is 0.378 e. The summed E-state index contributed by atoms with van der Waals surface area (Å²) < 4.78 is 13.2. The monoisotopic (exact) mass is 504 g/mol. The van der Waals surface area contributed by atoms with E-state index in [-0.39, 0.29) is 23.9 Å². The number of rotatable bonds is 7. The summed E-state index contributed by atoms with van der Waals surface area (Å²) in [5.41, 5.74) is -2.47. The van der Waals surface area contributed by atoms with Gasteiger partial charge in [0.05, 0.1) is 6.10 Å². The number of hydrogen-bond donors (Lipinski definition) is 3. The molecule has 6 heteroatoms. The molecule has 4 fully saturated rings. The van der Waals surface area contributed by atoms with Gasteiger partial charge in [0.15, 0.2) is 11.9 Å². The fourth-order valence-corrected chi connectivity index (χ4v) is 8.82. The first-order chi connectivity index (χ1) is 17.5. The number of esters is 1. The normalized spacial score (nSPS) is 30.4. The number of cyclic esters (lactones) is 1. The fraction of sp³-hybridized carbons (Fsp3) is 0.900. The van der Waals surface area contributed by atoms with Gasteiger partial charge in [-0.2, -0.15) is 0 Å². The second-order valence-corrected chi connectivity index (χ2v) is 12.5. The second-order valence-electron chi connectivity index (χ2n) is 12.5. The van der Waals surface area contributed by atoms with E-state index in [1.165, 1.54) is 19.3 Å². The number of carbonyl (C=O) groups is 1. The first kappa shape index (κ1) is 26.3. The van der Waals surface area contributed by atoms with Crippen molar-refractivity contribution in [2.75, 3.05) is 0 Å². The van der Waals surface area contributed by atoms with Crippen LogP contribution in [-0.2, 0) is 14.3 Å². The average Bonchev–Trinajstić information content (AvgIpc) is 3.21. The zero-order valence-electron chi connectivity index (χ0n) is 22.1. The van der Waals surface area contributed by atoms with E-state index in [0.717, 1.165) is 109 Å². The zero-order chi connectivity index (χ0) is 25.2. The van der Waals surface area contributed by atoms with Gasteiger partial charge in [-0.25, -0.2) is 4.79 Å². The summed E-state index contributed by atoms with van der Waals surface area (Å²) in [5.74, 6) is -2.01. The molecule has 0 unspecified atom stereocenters. The molecular formula is C30H48O6. The number of aliphatic hydroxyl groups is 3. The summed E-state index contributed by atoms with van der Waals surface area (Å²) in [5, 5.41) is 34.9. The van der Waals surface area contributed by atoms with E-state index in [1.54, 1.807) is 0 Å². The van der Waals surface area contributed by atoms with Crippen molar-refractivity contribution in [2.24, 2.45) is 17.8 Å². The Balaban J connectivity index is 1.69. The number of ether oxygens (including phenoxy) is 2. The van der Waals surface area contributed by atoms with E-state index < -0.39 is 34.8 Å². The molecule has 0 aromatic heterocycles. The molecule has 4 aliphatic carbocycles. The molecule has 0 saturated heterocycles. The van der Waals surface area contributed by atoms with Crippen LogP contribution < -0.4 is 0 Å². The summed E-state index contributed by atoms with van der Waals surface area (Å²) in [6.07, 6.45) is 20.0. The Morgan fingerprint density at radius 1 is 0.639 bits per heavy atom. The quantitative estimate of drug-likeness (QED) is 0.330. The van der Waals surface area contributed by atoms with Crippen molar-refractivity contribution < 1.29 is 29.6 Å². The minimum atomic E-state index is -1.57. The van der Waals surface area contributed by atoms with E-state index in [0.29, 0.717) is 0 Å². The van der Waals surface area contributed by atoms with Gasteiger partial charge < -0.3 is 24.8 Å². The van der Waals surface area contributed by atoms with E-state index >= 15 is 0 Å². The zero-order valence-corrected chi connectivity index (χ0v) is 22.1. The molecule has 6 nitrogen and oxygen atoms in total. The predicted molar refractivity (Wildman–Crippen MR) is 138 cm³/mol. The molecule has 0 radical (unpaired) electrons. The fourth-order valence-electron chi connectivity index (χ4n) is 8.82. The molecule has 2 atom stereocenters. The first-order valence-electron chi connectivity index (χ1n) is 15.2. The summed E-state index contributed by atoms with van der Waals surface area (Å²) in [6.45, 7) is 0. The van der Waals surface area contributed by atoms with Crippen LogP contribution in [0.3, 0.4) is 0 Å². The van der Waals surface area contributed by atoms with Gasteiger partial charge in [0.2, 0.25) is 5.76 Å². The number of aliphatic hydroxyl groups excluding tert-OH is 2. The minimum absolute atomic E-state index is 0.0783. The molecule has 5 rings (SSSR count). The topological polar surface area (TPSA) is 96.2 Å². The highest BCUT2D eigenvalue weighted by Gasteiger charge is 2.69. The lowest BCUT2D eigenvalue weighted by atomic mass is 9.53. The molecule has 0 amide bonds. The van der Waals surface area contributed by atoms with Crippen LogP contribution in [-0.4, -0.2) is 44.7 Å². The van der Waals surface area contributed by atoms with Crippen molar-refractivity contribution in [1.82, 2.24) is 0 Å². The van der Waals surface area contributed by atoms with Crippen LogP contribution in [0.25, 0.3) is 0 Å². The highest BCUT2D eigenvalue weighted by atomic mass is 16.6. The molecule has 0 bridgehead atoms. The van der Waals surface area contributed by atoms with Crippen LogP contribution in [0.5, 0.6) is 0 Å². The van der Waals surface area contributed by atoms with Crippen molar-refractivity contribution in [3.63, 3.8) is 0 Å². The van der Waals surface area contributed by atoms with Crippen molar-refractivity contribution in [1.29, 1.82) is 0 Å².